The Kier molecular flexibility index (Phi) is 3.94. The summed E-state index contributed by atoms with van der Waals surface area (Å²) in [6.45, 7) is 0.805. The molecular formula is C16H21N3. The number of imidazole rings is 1. The minimum absolute atomic E-state index is 0.441. The molecule has 1 aliphatic carbocycles. The summed E-state index contributed by atoms with van der Waals surface area (Å²) in [5.74, 6) is 1.91. The van der Waals surface area contributed by atoms with Crippen molar-refractivity contribution in [3.8, 4) is 0 Å². The van der Waals surface area contributed by atoms with Gasteiger partial charge in [0, 0.05) is 18.4 Å². The van der Waals surface area contributed by atoms with Crippen molar-refractivity contribution >= 4 is 0 Å². The summed E-state index contributed by atoms with van der Waals surface area (Å²) in [6, 6.07) is 11.2. The maximum Gasteiger partial charge on any atom is 0.120 e. The fourth-order valence-electron chi connectivity index (χ4n) is 2.70. The van der Waals surface area contributed by atoms with Crippen molar-refractivity contribution < 1.29 is 0 Å². The van der Waals surface area contributed by atoms with Gasteiger partial charge in [-0.15, -0.1) is 0 Å². The minimum Gasteiger partial charge on any atom is -0.348 e. The van der Waals surface area contributed by atoms with Crippen LogP contribution in [0.4, 0.5) is 0 Å². The molecule has 1 atom stereocenters. The maximum absolute atomic E-state index is 4.28. The second-order valence-electron chi connectivity index (χ2n) is 5.41. The van der Waals surface area contributed by atoms with Crippen LogP contribution < -0.4 is 5.32 Å². The van der Waals surface area contributed by atoms with Crippen molar-refractivity contribution in [2.24, 2.45) is 5.92 Å². The Labute approximate surface area is 114 Å². The molecular weight excluding hydrogens is 234 g/mol. The Balaban J connectivity index is 1.65. The van der Waals surface area contributed by atoms with Gasteiger partial charge in [-0.1, -0.05) is 49.6 Å². The molecule has 3 nitrogen and oxygen atoms in total. The van der Waals surface area contributed by atoms with E-state index in [4.69, 9.17) is 0 Å². The smallest absolute Gasteiger partial charge is 0.120 e. The molecule has 2 N–H and O–H groups in total. The Morgan fingerprint density at radius 2 is 2.11 bits per heavy atom. The van der Waals surface area contributed by atoms with Crippen LogP contribution in [-0.2, 0) is 6.54 Å². The van der Waals surface area contributed by atoms with Gasteiger partial charge in [-0.25, -0.2) is 4.98 Å². The minimum atomic E-state index is 0.441. The van der Waals surface area contributed by atoms with Gasteiger partial charge in [0.15, 0.2) is 0 Å². The van der Waals surface area contributed by atoms with E-state index in [1.807, 2.05) is 6.20 Å². The van der Waals surface area contributed by atoms with E-state index >= 15 is 0 Å². The lowest BCUT2D eigenvalue weighted by Crippen LogP contribution is -2.26. The number of aromatic nitrogens is 2. The van der Waals surface area contributed by atoms with Gasteiger partial charge in [0.2, 0.25) is 0 Å². The number of aromatic amines is 1. The van der Waals surface area contributed by atoms with Crippen molar-refractivity contribution in [1.29, 1.82) is 0 Å². The molecule has 0 aliphatic heterocycles. The van der Waals surface area contributed by atoms with Gasteiger partial charge in [0.25, 0.3) is 0 Å². The molecule has 1 fully saturated rings. The number of H-pyrrole nitrogens is 1. The molecule has 2 aromatic rings. The zero-order valence-corrected chi connectivity index (χ0v) is 11.2. The molecule has 1 aromatic heterocycles. The van der Waals surface area contributed by atoms with Crippen molar-refractivity contribution in [2.75, 3.05) is 0 Å². The molecule has 0 radical (unpaired) electrons. The highest BCUT2D eigenvalue weighted by atomic mass is 15.0. The third-order valence-corrected chi connectivity index (χ3v) is 4.07. The molecule has 3 rings (SSSR count). The van der Waals surface area contributed by atoms with Gasteiger partial charge in [0.1, 0.15) is 5.82 Å². The Morgan fingerprint density at radius 1 is 1.26 bits per heavy atom. The predicted molar refractivity (Wildman–Crippen MR) is 76.6 cm³/mol. The topological polar surface area (TPSA) is 40.7 Å². The summed E-state index contributed by atoms with van der Waals surface area (Å²) in [4.78, 5) is 7.43. The van der Waals surface area contributed by atoms with Crippen LogP contribution in [-0.4, -0.2) is 9.97 Å². The molecule has 0 unspecified atom stereocenters. The average Bonchev–Trinajstić information content (AvgIpc) is 2.91. The summed E-state index contributed by atoms with van der Waals surface area (Å²) in [5.41, 5.74) is 1.39. The maximum atomic E-state index is 4.28. The van der Waals surface area contributed by atoms with E-state index in [0.717, 1.165) is 18.3 Å². The number of hydrogen-bond donors (Lipinski definition) is 2. The summed E-state index contributed by atoms with van der Waals surface area (Å²) >= 11 is 0. The summed E-state index contributed by atoms with van der Waals surface area (Å²) < 4.78 is 0. The number of hydrogen-bond acceptors (Lipinski definition) is 2. The van der Waals surface area contributed by atoms with Crippen LogP contribution in [0.3, 0.4) is 0 Å². The monoisotopic (exact) mass is 255 g/mol. The molecule has 0 saturated heterocycles. The lowest BCUT2D eigenvalue weighted by Gasteiger charge is -2.30. The van der Waals surface area contributed by atoms with Gasteiger partial charge in [-0.05, 0) is 17.9 Å². The second kappa shape index (κ2) is 6.02. The average molecular weight is 255 g/mol. The van der Waals surface area contributed by atoms with Crippen LogP contribution in [0.1, 0.15) is 43.1 Å². The standard InChI is InChI=1S/C16H21N3/c1-2-7-14(8-3-1)15(11-13-5-4-6-13)19-12-16-17-9-10-18-16/h1-3,7-10,13,15,19H,4-6,11-12H2,(H,17,18)/t15-/m1/s1. The largest absolute Gasteiger partial charge is 0.348 e. The van der Waals surface area contributed by atoms with E-state index in [2.05, 4.69) is 45.6 Å². The van der Waals surface area contributed by atoms with Crippen molar-refractivity contribution in [1.82, 2.24) is 15.3 Å². The lowest BCUT2D eigenvalue weighted by atomic mass is 9.79. The quantitative estimate of drug-likeness (QED) is 0.830. The molecule has 19 heavy (non-hydrogen) atoms. The van der Waals surface area contributed by atoms with Crippen molar-refractivity contribution in [3.05, 3.63) is 54.1 Å². The van der Waals surface area contributed by atoms with Gasteiger partial charge < -0.3 is 10.3 Å². The fraction of sp³-hybridized carbons (Fsp3) is 0.438. The molecule has 1 aromatic carbocycles. The van der Waals surface area contributed by atoms with E-state index in [0.29, 0.717) is 6.04 Å². The first-order valence-corrected chi connectivity index (χ1v) is 7.18. The Bertz CT molecular complexity index is 474. The molecule has 100 valence electrons. The fourth-order valence-corrected chi connectivity index (χ4v) is 2.70. The SMILES string of the molecule is c1ccc([C@@H](CC2CCC2)NCc2ncc[nH]2)cc1. The van der Waals surface area contributed by atoms with Crippen LogP contribution in [0.25, 0.3) is 0 Å². The number of benzene rings is 1. The summed E-state index contributed by atoms with van der Waals surface area (Å²) in [7, 11) is 0. The molecule has 0 amide bonds. The Hall–Kier alpha value is -1.61. The van der Waals surface area contributed by atoms with Crippen LogP contribution >= 0.6 is 0 Å². The van der Waals surface area contributed by atoms with E-state index < -0.39 is 0 Å². The number of rotatable bonds is 6. The molecule has 0 spiro atoms. The van der Waals surface area contributed by atoms with E-state index in [9.17, 15) is 0 Å². The normalized spacial score (nSPS) is 17.1. The van der Waals surface area contributed by atoms with Crippen molar-refractivity contribution in [2.45, 2.75) is 38.3 Å². The molecule has 0 bridgehead atoms. The number of nitrogens with one attached hydrogen (secondary N) is 2. The highest BCUT2D eigenvalue weighted by Gasteiger charge is 2.22. The highest BCUT2D eigenvalue weighted by Crippen LogP contribution is 2.34. The molecule has 1 heterocycles. The van der Waals surface area contributed by atoms with Crippen LogP contribution in [0.15, 0.2) is 42.7 Å². The first-order valence-electron chi connectivity index (χ1n) is 7.18. The van der Waals surface area contributed by atoms with E-state index in [-0.39, 0.29) is 0 Å². The Morgan fingerprint density at radius 3 is 2.74 bits per heavy atom. The first-order chi connectivity index (χ1) is 9.42. The highest BCUT2D eigenvalue weighted by molar-refractivity contribution is 5.19. The van der Waals surface area contributed by atoms with Gasteiger partial charge in [-0.2, -0.15) is 0 Å². The molecule has 1 aliphatic rings. The third kappa shape index (κ3) is 3.24. The summed E-state index contributed by atoms with van der Waals surface area (Å²) in [5, 5.41) is 3.64. The number of nitrogens with zero attached hydrogens (tertiary/aromatic N) is 1. The zero-order valence-electron chi connectivity index (χ0n) is 11.2. The van der Waals surface area contributed by atoms with Crippen LogP contribution in [0.2, 0.25) is 0 Å². The third-order valence-electron chi connectivity index (χ3n) is 4.07. The lowest BCUT2D eigenvalue weighted by molar-refractivity contribution is 0.260. The molecule has 1 saturated carbocycles. The predicted octanol–water partition coefficient (Wildman–Crippen LogP) is 3.43. The van der Waals surface area contributed by atoms with Gasteiger partial charge >= 0.3 is 0 Å². The second-order valence-corrected chi connectivity index (χ2v) is 5.41. The van der Waals surface area contributed by atoms with Crippen molar-refractivity contribution in [3.63, 3.8) is 0 Å². The van der Waals surface area contributed by atoms with Crippen LogP contribution in [0, 0.1) is 5.92 Å². The van der Waals surface area contributed by atoms with Crippen LogP contribution in [0.5, 0.6) is 0 Å². The first kappa shape index (κ1) is 12.4. The van der Waals surface area contributed by atoms with Gasteiger partial charge in [0.05, 0.1) is 6.54 Å². The van der Waals surface area contributed by atoms with Gasteiger partial charge in [-0.3, -0.25) is 0 Å². The van der Waals surface area contributed by atoms with E-state index in [1.165, 1.54) is 31.2 Å². The van der Waals surface area contributed by atoms with E-state index in [1.54, 1.807) is 6.20 Å². The summed E-state index contributed by atoms with van der Waals surface area (Å²) in [6.07, 6.45) is 9.12. The zero-order chi connectivity index (χ0) is 12.9. The molecule has 3 heteroatoms.